The lowest BCUT2D eigenvalue weighted by atomic mass is 9.55. The Balaban J connectivity index is 1.68. The van der Waals surface area contributed by atoms with Crippen LogP contribution < -0.4 is 14.8 Å². The molecule has 2 aromatic rings. The van der Waals surface area contributed by atoms with Gasteiger partial charge >= 0.3 is 12.2 Å². The van der Waals surface area contributed by atoms with Crippen LogP contribution in [0.15, 0.2) is 90.6 Å². The van der Waals surface area contributed by atoms with Crippen LogP contribution in [0.2, 0.25) is 0 Å². The van der Waals surface area contributed by atoms with Crippen LogP contribution in [0.3, 0.4) is 0 Å². The molecule has 1 aliphatic heterocycles. The van der Waals surface area contributed by atoms with Gasteiger partial charge in [0.25, 0.3) is 0 Å². The maximum absolute atomic E-state index is 14.2. The van der Waals surface area contributed by atoms with Crippen molar-refractivity contribution in [3.05, 3.63) is 96.6 Å². The molecule has 3 aliphatic rings. The van der Waals surface area contributed by atoms with Crippen LogP contribution in [0, 0.1) is 17.8 Å². The van der Waals surface area contributed by atoms with E-state index in [0.29, 0.717) is 43.0 Å². The van der Waals surface area contributed by atoms with E-state index >= 15 is 0 Å². The number of benzene rings is 2. The summed E-state index contributed by atoms with van der Waals surface area (Å²) in [4.78, 5) is 34.4. The first-order valence-electron chi connectivity index (χ1n) is 20.7. The quantitative estimate of drug-likeness (QED) is 0.0534. The highest BCUT2D eigenvalue weighted by atomic mass is 16.7. The van der Waals surface area contributed by atoms with Crippen LogP contribution in [0.4, 0.5) is 9.59 Å². The Kier molecular flexibility index (Phi) is 17.8. The van der Waals surface area contributed by atoms with Crippen LogP contribution in [0.1, 0.15) is 68.4 Å². The second-order valence-corrected chi connectivity index (χ2v) is 14.9. The third-order valence-electron chi connectivity index (χ3n) is 11.2. The number of unbranched alkanes of at least 4 members (excludes halogenated alkanes) is 2. The van der Waals surface area contributed by atoms with Gasteiger partial charge in [-0.25, -0.2) is 9.59 Å². The number of aliphatic hydroxyl groups excluding tert-OH is 3. The van der Waals surface area contributed by atoms with Crippen molar-refractivity contribution in [1.29, 1.82) is 0 Å². The number of amides is 2. The van der Waals surface area contributed by atoms with Crippen molar-refractivity contribution in [1.82, 2.24) is 10.2 Å². The number of fused-ring (bicyclic) bond motifs is 2. The number of carbonyl (C=O) groups is 2. The number of hydrogen-bond acceptors (Lipinski definition) is 12. The smallest absolute Gasteiger partial charge is 0.412 e. The Hall–Kier alpha value is -4.73. The van der Waals surface area contributed by atoms with Crippen molar-refractivity contribution in [3.8, 4) is 11.5 Å². The van der Waals surface area contributed by atoms with E-state index in [1.165, 1.54) is 7.11 Å². The molecule has 2 aliphatic carbocycles. The minimum absolute atomic E-state index is 0.0174. The van der Waals surface area contributed by atoms with E-state index in [0.717, 1.165) is 42.4 Å². The SMILES string of the molecule is C=CCCOC(=O)N(CCOCCO)[C@H]1CC(=NOC)C2=C[C@H](CCCCO)[C@@H](CCCCO)[C@@H]3c4cc(OC(=O)NCc5ccccc5)ccc4O[C@@]1(OCC=C)[C@H]23. The lowest BCUT2D eigenvalue weighted by Gasteiger charge is -2.59. The molecule has 1 fully saturated rings. The molecule has 0 radical (unpaired) electrons. The van der Waals surface area contributed by atoms with Crippen molar-refractivity contribution in [3.63, 3.8) is 0 Å². The Morgan fingerprint density at radius 2 is 1.76 bits per heavy atom. The molecule has 0 spiro atoms. The van der Waals surface area contributed by atoms with Gasteiger partial charge in [0, 0.05) is 44.2 Å². The third-order valence-corrected chi connectivity index (χ3v) is 11.2. The molecular formula is C45H61N3O11. The molecule has 59 heavy (non-hydrogen) atoms. The average molecular weight is 820 g/mol. The fraction of sp³-hybridized carbons (Fsp3) is 0.533. The Morgan fingerprint density at radius 1 is 0.983 bits per heavy atom. The van der Waals surface area contributed by atoms with Gasteiger partial charge in [0.15, 0.2) is 0 Å². The topological polar surface area (TPSA) is 178 Å². The fourth-order valence-electron chi connectivity index (χ4n) is 8.75. The summed E-state index contributed by atoms with van der Waals surface area (Å²) < 4.78 is 31.5. The molecule has 0 saturated heterocycles. The maximum Gasteiger partial charge on any atom is 0.412 e. The molecule has 2 aromatic carbocycles. The molecule has 0 unspecified atom stereocenters. The highest BCUT2D eigenvalue weighted by molar-refractivity contribution is 6.03. The van der Waals surface area contributed by atoms with E-state index in [1.807, 2.05) is 36.4 Å². The van der Waals surface area contributed by atoms with Gasteiger partial charge in [-0.2, -0.15) is 0 Å². The molecule has 1 heterocycles. The number of nitrogens with zero attached hydrogens (tertiary/aromatic N) is 2. The van der Waals surface area contributed by atoms with Crippen LogP contribution in [-0.4, -0.2) is 110 Å². The largest absolute Gasteiger partial charge is 0.459 e. The zero-order chi connectivity index (χ0) is 42.0. The Labute approximate surface area is 347 Å². The molecule has 6 atom stereocenters. The predicted octanol–water partition coefficient (Wildman–Crippen LogP) is 6.26. The first kappa shape index (κ1) is 45.4. The minimum atomic E-state index is -1.51. The van der Waals surface area contributed by atoms with Gasteiger partial charge in [-0.1, -0.05) is 66.6 Å². The van der Waals surface area contributed by atoms with E-state index in [9.17, 15) is 24.9 Å². The lowest BCUT2D eigenvalue weighted by molar-refractivity contribution is -0.256. The van der Waals surface area contributed by atoms with Crippen molar-refractivity contribution in [2.45, 2.75) is 75.7 Å². The monoisotopic (exact) mass is 819 g/mol. The fourth-order valence-corrected chi connectivity index (χ4v) is 8.75. The van der Waals surface area contributed by atoms with Gasteiger partial charge in [0.2, 0.25) is 5.79 Å². The molecule has 0 aromatic heterocycles. The van der Waals surface area contributed by atoms with E-state index in [2.05, 4.69) is 29.7 Å². The second kappa shape index (κ2) is 23.2. The highest BCUT2D eigenvalue weighted by Gasteiger charge is 2.65. The molecule has 2 amide bonds. The van der Waals surface area contributed by atoms with E-state index in [4.69, 9.17) is 28.5 Å². The summed E-state index contributed by atoms with van der Waals surface area (Å²) in [7, 11) is 1.48. The molecule has 5 rings (SSSR count). The van der Waals surface area contributed by atoms with E-state index in [-0.39, 0.29) is 77.0 Å². The number of oxime groups is 1. The molecule has 14 heteroatoms. The van der Waals surface area contributed by atoms with Gasteiger partial charge in [-0.05, 0) is 73.3 Å². The maximum atomic E-state index is 14.2. The minimum Gasteiger partial charge on any atom is -0.459 e. The summed E-state index contributed by atoms with van der Waals surface area (Å²) in [5.74, 6) is -1.60. The molecule has 322 valence electrons. The van der Waals surface area contributed by atoms with E-state index < -0.39 is 29.9 Å². The van der Waals surface area contributed by atoms with Crippen molar-refractivity contribution < 1.29 is 53.4 Å². The van der Waals surface area contributed by atoms with Crippen LogP contribution in [0.5, 0.6) is 11.5 Å². The Bertz CT molecular complexity index is 1740. The number of aliphatic hydroxyl groups is 3. The zero-order valence-electron chi connectivity index (χ0n) is 34.2. The number of hydrogen-bond donors (Lipinski definition) is 4. The third kappa shape index (κ3) is 11.3. The normalized spacial score (nSPS) is 23.5. The summed E-state index contributed by atoms with van der Waals surface area (Å²) in [5, 5.41) is 36.6. The first-order chi connectivity index (χ1) is 28.8. The van der Waals surface area contributed by atoms with Gasteiger partial charge in [0.1, 0.15) is 24.7 Å². The molecule has 4 N–H and O–H groups in total. The highest BCUT2D eigenvalue weighted by Crippen LogP contribution is 2.62. The van der Waals surface area contributed by atoms with Crippen molar-refractivity contribution in [2.75, 3.05) is 59.9 Å². The predicted molar refractivity (Wildman–Crippen MR) is 222 cm³/mol. The zero-order valence-corrected chi connectivity index (χ0v) is 34.2. The summed E-state index contributed by atoms with van der Waals surface area (Å²) in [5.41, 5.74) is 3.21. The number of carbonyl (C=O) groups excluding carboxylic acids is 2. The average Bonchev–Trinajstić information content (AvgIpc) is 3.24. The van der Waals surface area contributed by atoms with Gasteiger partial charge < -0.3 is 49.2 Å². The summed E-state index contributed by atoms with van der Waals surface area (Å²) in [6, 6.07) is 14.0. The van der Waals surface area contributed by atoms with Crippen LogP contribution in [0.25, 0.3) is 0 Å². The Morgan fingerprint density at radius 3 is 2.47 bits per heavy atom. The lowest BCUT2D eigenvalue weighted by Crippen LogP contribution is -2.70. The summed E-state index contributed by atoms with van der Waals surface area (Å²) in [6.07, 6.45) is 9.24. The molecule has 1 saturated carbocycles. The van der Waals surface area contributed by atoms with Crippen LogP contribution >= 0.6 is 0 Å². The number of ether oxygens (including phenoxy) is 5. The van der Waals surface area contributed by atoms with Crippen LogP contribution in [-0.2, 0) is 25.6 Å². The first-order valence-corrected chi connectivity index (χ1v) is 20.7. The van der Waals surface area contributed by atoms with Gasteiger partial charge in [-0.3, -0.25) is 4.90 Å². The molecule has 0 bridgehead atoms. The van der Waals surface area contributed by atoms with Crippen molar-refractivity contribution >= 4 is 17.9 Å². The summed E-state index contributed by atoms with van der Waals surface area (Å²) in [6.45, 7) is 8.40. The van der Waals surface area contributed by atoms with Gasteiger partial charge in [-0.15, -0.1) is 13.2 Å². The second-order valence-electron chi connectivity index (χ2n) is 14.9. The number of allylic oxidation sites excluding steroid dienone is 1. The van der Waals surface area contributed by atoms with E-state index in [1.54, 1.807) is 29.2 Å². The number of rotatable bonds is 24. The molecular weight excluding hydrogens is 759 g/mol. The standard InChI is InChI=1S/C45H61N3O11/c1-4-6-25-56-44(53)48(20-26-55-27-23-51)40-30-38(47-54-3)36-28-33(16-10-12-21-49)35(17-11-13-22-50)41-37-29-34(58-43(52)46-31-32-14-8-7-9-15-32)18-19-39(37)59-45(40,42(36)41)57-24-5-2/h4-5,7-9,14-15,18-19,28-29,33,35,40-42,49-51H,1-2,6,10-13,16-17,20-27,30-31H2,3H3,(H,46,52)/t33-,35+,40-,41+,42+,45+/m0/s1. The number of nitrogens with one attached hydrogen (secondary N) is 1. The summed E-state index contributed by atoms with van der Waals surface area (Å²) >= 11 is 0. The van der Waals surface area contributed by atoms with Gasteiger partial charge in [0.05, 0.1) is 44.7 Å². The molecule has 14 nitrogen and oxygen atoms in total. The van der Waals surface area contributed by atoms with Crippen molar-refractivity contribution in [2.24, 2.45) is 22.9 Å².